The lowest BCUT2D eigenvalue weighted by Gasteiger charge is -2.19. The minimum Gasteiger partial charge on any atom is -0.455 e. The molecule has 1 amide bonds. The van der Waals surface area contributed by atoms with Gasteiger partial charge >= 0.3 is 0 Å². The van der Waals surface area contributed by atoms with E-state index in [1.807, 2.05) is 0 Å². The van der Waals surface area contributed by atoms with Gasteiger partial charge in [0.15, 0.2) is 15.6 Å². The summed E-state index contributed by atoms with van der Waals surface area (Å²) >= 11 is 0. The SMILES string of the molecule is Cc1ccccc1S(=O)(=O)Cc1ccc(C(=O)NCCN2CCCCCC2)o1. The molecule has 2 heterocycles. The number of nitrogens with one attached hydrogen (secondary N) is 1. The van der Waals surface area contributed by atoms with E-state index in [9.17, 15) is 13.2 Å². The molecule has 152 valence electrons. The number of carbonyl (C=O) groups excluding carboxylic acids is 1. The van der Waals surface area contributed by atoms with E-state index < -0.39 is 9.84 Å². The molecule has 0 bridgehead atoms. The van der Waals surface area contributed by atoms with Crippen LogP contribution in [0.5, 0.6) is 0 Å². The highest BCUT2D eigenvalue weighted by atomic mass is 32.2. The minimum atomic E-state index is -3.52. The molecule has 1 aliphatic heterocycles. The van der Waals surface area contributed by atoms with Crippen LogP contribution in [-0.4, -0.2) is 45.4 Å². The number of sulfone groups is 1. The van der Waals surface area contributed by atoms with Gasteiger partial charge in [-0.15, -0.1) is 0 Å². The van der Waals surface area contributed by atoms with Crippen LogP contribution in [0.15, 0.2) is 45.7 Å². The van der Waals surface area contributed by atoms with Crippen molar-refractivity contribution < 1.29 is 17.6 Å². The van der Waals surface area contributed by atoms with Crippen LogP contribution in [0.1, 0.15) is 47.6 Å². The monoisotopic (exact) mass is 404 g/mol. The molecule has 6 nitrogen and oxygen atoms in total. The number of aryl methyl sites for hydroxylation is 1. The molecular weight excluding hydrogens is 376 g/mol. The van der Waals surface area contributed by atoms with Crippen LogP contribution < -0.4 is 5.32 Å². The van der Waals surface area contributed by atoms with Gasteiger partial charge in [-0.05, 0) is 56.6 Å². The summed E-state index contributed by atoms with van der Waals surface area (Å²) in [6.45, 7) is 5.30. The Morgan fingerprint density at radius 3 is 2.50 bits per heavy atom. The summed E-state index contributed by atoms with van der Waals surface area (Å²) in [5, 5.41) is 2.86. The molecule has 0 radical (unpaired) electrons. The predicted octanol–water partition coefficient (Wildman–Crippen LogP) is 3.17. The fourth-order valence-corrected chi connectivity index (χ4v) is 5.05. The second-order valence-corrected chi connectivity index (χ2v) is 9.26. The largest absolute Gasteiger partial charge is 0.455 e. The first-order chi connectivity index (χ1) is 13.5. The van der Waals surface area contributed by atoms with Crippen LogP contribution in [0.2, 0.25) is 0 Å². The predicted molar refractivity (Wildman–Crippen MR) is 108 cm³/mol. The van der Waals surface area contributed by atoms with Crippen molar-refractivity contribution in [2.75, 3.05) is 26.2 Å². The maximum absolute atomic E-state index is 12.6. The molecular formula is C21H28N2O4S. The Bertz CT molecular complexity index is 897. The van der Waals surface area contributed by atoms with E-state index in [1.165, 1.54) is 31.7 Å². The third-order valence-corrected chi connectivity index (χ3v) is 6.85. The first-order valence-electron chi connectivity index (χ1n) is 9.83. The maximum atomic E-state index is 12.6. The van der Waals surface area contributed by atoms with E-state index in [0.29, 0.717) is 12.1 Å². The van der Waals surface area contributed by atoms with E-state index in [-0.39, 0.29) is 28.1 Å². The highest BCUT2D eigenvalue weighted by molar-refractivity contribution is 7.90. The Morgan fingerprint density at radius 1 is 1.07 bits per heavy atom. The smallest absolute Gasteiger partial charge is 0.287 e. The molecule has 7 heteroatoms. The quantitative estimate of drug-likeness (QED) is 0.767. The summed E-state index contributed by atoms with van der Waals surface area (Å²) in [6, 6.07) is 9.94. The van der Waals surface area contributed by atoms with Gasteiger partial charge in [0.1, 0.15) is 11.5 Å². The van der Waals surface area contributed by atoms with Gasteiger partial charge in [0, 0.05) is 13.1 Å². The van der Waals surface area contributed by atoms with Crippen molar-refractivity contribution in [1.82, 2.24) is 10.2 Å². The topological polar surface area (TPSA) is 79.6 Å². The van der Waals surface area contributed by atoms with Gasteiger partial charge in [-0.2, -0.15) is 0 Å². The fourth-order valence-electron chi connectivity index (χ4n) is 3.52. The van der Waals surface area contributed by atoms with Gasteiger partial charge in [0.05, 0.1) is 4.90 Å². The van der Waals surface area contributed by atoms with Crippen molar-refractivity contribution in [3.05, 3.63) is 53.5 Å². The number of hydrogen-bond acceptors (Lipinski definition) is 5. The first kappa shape index (κ1) is 20.6. The number of hydrogen-bond donors (Lipinski definition) is 1. The summed E-state index contributed by atoms with van der Waals surface area (Å²) < 4.78 is 30.7. The van der Waals surface area contributed by atoms with Gasteiger partial charge in [0.25, 0.3) is 5.91 Å². The Morgan fingerprint density at radius 2 is 1.79 bits per heavy atom. The molecule has 1 aromatic heterocycles. The first-order valence-corrected chi connectivity index (χ1v) is 11.5. The van der Waals surface area contributed by atoms with Crippen molar-refractivity contribution in [3.63, 3.8) is 0 Å². The van der Waals surface area contributed by atoms with Crippen LogP contribution in [0, 0.1) is 6.92 Å². The number of carbonyl (C=O) groups is 1. The van der Waals surface area contributed by atoms with Gasteiger partial charge in [-0.1, -0.05) is 31.0 Å². The second kappa shape index (κ2) is 9.39. The van der Waals surface area contributed by atoms with Gasteiger partial charge in [-0.25, -0.2) is 8.42 Å². The lowest BCUT2D eigenvalue weighted by Crippen LogP contribution is -2.35. The number of amides is 1. The molecule has 1 fully saturated rings. The van der Waals surface area contributed by atoms with Crippen LogP contribution >= 0.6 is 0 Å². The molecule has 0 spiro atoms. The normalized spacial score (nSPS) is 15.9. The Balaban J connectivity index is 1.54. The number of furan rings is 1. The zero-order valence-corrected chi connectivity index (χ0v) is 17.1. The molecule has 2 aromatic rings. The van der Waals surface area contributed by atoms with Crippen molar-refractivity contribution in [2.45, 2.75) is 43.3 Å². The molecule has 1 saturated heterocycles. The highest BCUT2D eigenvalue weighted by Crippen LogP contribution is 2.21. The molecule has 1 aliphatic rings. The highest BCUT2D eigenvalue weighted by Gasteiger charge is 2.21. The molecule has 0 atom stereocenters. The van der Waals surface area contributed by atoms with Crippen molar-refractivity contribution in [1.29, 1.82) is 0 Å². The van der Waals surface area contributed by atoms with Crippen molar-refractivity contribution in [3.8, 4) is 0 Å². The number of nitrogens with zero attached hydrogens (tertiary/aromatic N) is 1. The third-order valence-electron chi connectivity index (χ3n) is 5.06. The average molecular weight is 405 g/mol. The molecule has 1 N–H and O–H groups in total. The lowest BCUT2D eigenvalue weighted by molar-refractivity contribution is 0.0919. The van der Waals surface area contributed by atoms with E-state index in [1.54, 1.807) is 37.3 Å². The Labute approximate surface area is 166 Å². The summed E-state index contributed by atoms with van der Waals surface area (Å²) in [6.07, 6.45) is 4.99. The van der Waals surface area contributed by atoms with E-state index in [2.05, 4.69) is 10.2 Å². The van der Waals surface area contributed by atoms with Crippen LogP contribution in [0.3, 0.4) is 0 Å². The minimum absolute atomic E-state index is 0.144. The van der Waals surface area contributed by atoms with Crippen LogP contribution in [0.4, 0.5) is 0 Å². The number of benzene rings is 1. The van der Waals surface area contributed by atoms with E-state index in [0.717, 1.165) is 19.6 Å². The van der Waals surface area contributed by atoms with E-state index in [4.69, 9.17) is 4.42 Å². The van der Waals surface area contributed by atoms with Crippen LogP contribution in [0.25, 0.3) is 0 Å². The second-order valence-electron chi connectivity index (χ2n) is 7.30. The molecule has 0 unspecified atom stereocenters. The molecule has 1 aromatic carbocycles. The molecule has 3 rings (SSSR count). The Hall–Kier alpha value is -2.12. The summed E-state index contributed by atoms with van der Waals surface area (Å²) in [5.74, 6) is -0.167. The van der Waals surface area contributed by atoms with Gasteiger partial charge < -0.3 is 14.6 Å². The molecule has 28 heavy (non-hydrogen) atoms. The van der Waals surface area contributed by atoms with Gasteiger partial charge in [-0.3, -0.25) is 4.79 Å². The van der Waals surface area contributed by atoms with E-state index >= 15 is 0 Å². The van der Waals surface area contributed by atoms with Crippen molar-refractivity contribution >= 4 is 15.7 Å². The summed E-state index contributed by atoms with van der Waals surface area (Å²) in [4.78, 5) is 14.9. The molecule has 0 saturated carbocycles. The average Bonchev–Trinajstić information content (AvgIpc) is 2.96. The van der Waals surface area contributed by atoms with Crippen LogP contribution in [-0.2, 0) is 15.6 Å². The third kappa shape index (κ3) is 5.45. The molecule has 0 aliphatic carbocycles. The number of rotatable bonds is 7. The fraction of sp³-hybridized carbons (Fsp3) is 0.476. The summed E-state index contributed by atoms with van der Waals surface area (Å²) in [5.41, 5.74) is 0.695. The van der Waals surface area contributed by atoms with Gasteiger partial charge in [0.2, 0.25) is 0 Å². The standard InChI is InChI=1S/C21H28N2O4S/c1-17-8-4-5-9-20(17)28(25,26)16-18-10-11-19(27-18)21(24)22-12-15-23-13-6-2-3-7-14-23/h4-5,8-11H,2-3,6-7,12-16H2,1H3,(H,22,24). The number of likely N-dealkylation sites (tertiary alicyclic amines) is 1. The zero-order valence-electron chi connectivity index (χ0n) is 16.3. The summed E-state index contributed by atoms with van der Waals surface area (Å²) in [7, 11) is -3.52. The lowest BCUT2D eigenvalue weighted by atomic mass is 10.2. The van der Waals surface area contributed by atoms with Crippen molar-refractivity contribution in [2.24, 2.45) is 0 Å². The maximum Gasteiger partial charge on any atom is 0.287 e. The Kier molecular flexibility index (Phi) is 6.91. The zero-order chi connectivity index (χ0) is 20.0.